The lowest BCUT2D eigenvalue weighted by atomic mass is 10.1. The third-order valence-corrected chi connectivity index (χ3v) is 2.47. The smallest absolute Gasteiger partial charge is 0.315 e. The lowest BCUT2D eigenvalue weighted by Crippen LogP contribution is -2.22. The first kappa shape index (κ1) is 9.36. The van der Waals surface area contributed by atoms with Gasteiger partial charge in [0.25, 0.3) is 0 Å². The minimum absolute atomic E-state index is 0.201. The van der Waals surface area contributed by atoms with E-state index in [4.69, 9.17) is 4.42 Å². The molecule has 0 unspecified atom stereocenters. The fraction of sp³-hybridized carbons (Fsp3) is 0.750. The maximum atomic E-state index is 12.5. The molecule has 1 aliphatic rings. The molecule has 0 amide bonds. The molecule has 1 aliphatic carbocycles. The predicted octanol–water partition coefficient (Wildman–Crippen LogP) is 1.84. The van der Waals surface area contributed by atoms with E-state index in [2.05, 4.69) is 15.5 Å². The van der Waals surface area contributed by atoms with Crippen LogP contribution in [0.15, 0.2) is 4.42 Å². The summed E-state index contributed by atoms with van der Waals surface area (Å²) in [5, 5.41) is 9.98. The zero-order valence-electron chi connectivity index (χ0n) is 7.76. The molecule has 1 fully saturated rings. The molecule has 1 aromatic heterocycles. The van der Waals surface area contributed by atoms with E-state index >= 15 is 0 Å². The number of alkyl halides is 2. The molecule has 1 aromatic rings. The third-order valence-electron chi connectivity index (χ3n) is 2.47. The molecule has 2 rings (SSSR count). The first-order valence-electron chi connectivity index (χ1n) is 4.44. The van der Waals surface area contributed by atoms with Crippen molar-refractivity contribution in [1.29, 1.82) is 0 Å². The average molecular weight is 203 g/mol. The fourth-order valence-electron chi connectivity index (χ4n) is 1.25. The molecule has 4 nitrogen and oxygen atoms in total. The zero-order chi connectivity index (χ0) is 10.2. The summed E-state index contributed by atoms with van der Waals surface area (Å²) in [6.45, 7) is 1.85. The van der Waals surface area contributed by atoms with Gasteiger partial charge in [0.1, 0.15) is 0 Å². The van der Waals surface area contributed by atoms with Crippen molar-refractivity contribution < 1.29 is 13.2 Å². The van der Waals surface area contributed by atoms with Crippen molar-refractivity contribution in [3.8, 4) is 0 Å². The summed E-state index contributed by atoms with van der Waals surface area (Å²) < 4.78 is 30.0. The van der Waals surface area contributed by atoms with E-state index in [1.165, 1.54) is 0 Å². The van der Waals surface area contributed by atoms with E-state index in [0.717, 1.165) is 0 Å². The van der Waals surface area contributed by atoms with Crippen LogP contribution < -0.4 is 5.32 Å². The highest BCUT2D eigenvalue weighted by Crippen LogP contribution is 2.50. The summed E-state index contributed by atoms with van der Waals surface area (Å²) >= 11 is 0. The first-order valence-corrected chi connectivity index (χ1v) is 4.44. The highest BCUT2D eigenvalue weighted by atomic mass is 19.3. The van der Waals surface area contributed by atoms with Crippen LogP contribution in [0, 0.1) is 12.3 Å². The van der Waals surface area contributed by atoms with Crippen LogP contribution in [0.3, 0.4) is 0 Å². The van der Waals surface area contributed by atoms with E-state index in [9.17, 15) is 8.78 Å². The van der Waals surface area contributed by atoms with Gasteiger partial charge in [-0.15, -0.1) is 5.10 Å². The maximum Gasteiger partial charge on any atom is 0.315 e. The van der Waals surface area contributed by atoms with Crippen LogP contribution >= 0.6 is 0 Å². The van der Waals surface area contributed by atoms with Crippen molar-refractivity contribution >= 4 is 6.01 Å². The number of rotatable bonds is 4. The predicted molar refractivity (Wildman–Crippen MR) is 45.2 cm³/mol. The minimum Gasteiger partial charge on any atom is -0.408 e. The zero-order valence-corrected chi connectivity index (χ0v) is 7.76. The SMILES string of the molecule is Cc1nnc(NCC2(C(F)F)CC2)o1. The van der Waals surface area contributed by atoms with Crippen LogP contribution in [0.25, 0.3) is 0 Å². The van der Waals surface area contributed by atoms with Crippen LogP contribution in [-0.2, 0) is 0 Å². The molecule has 0 radical (unpaired) electrons. The van der Waals surface area contributed by atoms with Crippen molar-refractivity contribution in [3.05, 3.63) is 5.89 Å². The number of nitrogens with one attached hydrogen (secondary N) is 1. The third kappa shape index (κ3) is 1.69. The Bertz CT molecular complexity index is 322. The average Bonchev–Trinajstić information content (AvgIpc) is 2.82. The van der Waals surface area contributed by atoms with Crippen LogP contribution in [-0.4, -0.2) is 23.2 Å². The summed E-state index contributed by atoms with van der Waals surface area (Å²) in [7, 11) is 0. The van der Waals surface area contributed by atoms with Gasteiger partial charge in [-0.25, -0.2) is 8.78 Å². The van der Waals surface area contributed by atoms with Gasteiger partial charge in [0.05, 0.1) is 0 Å². The number of nitrogens with zero attached hydrogens (tertiary/aromatic N) is 2. The van der Waals surface area contributed by atoms with Gasteiger partial charge in [-0.1, -0.05) is 5.10 Å². The Balaban J connectivity index is 1.89. The quantitative estimate of drug-likeness (QED) is 0.811. The Labute approximate surface area is 79.7 Å². The normalized spacial score (nSPS) is 18.6. The Morgan fingerprint density at radius 3 is 2.64 bits per heavy atom. The van der Waals surface area contributed by atoms with Gasteiger partial charge in [0.15, 0.2) is 0 Å². The molecule has 1 N–H and O–H groups in total. The number of aryl methyl sites for hydroxylation is 1. The van der Waals surface area contributed by atoms with Crippen molar-refractivity contribution in [1.82, 2.24) is 10.2 Å². The number of hydrogen-bond donors (Lipinski definition) is 1. The standard InChI is InChI=1S/C8H11F2N3O/c1-5-12-13-7(14-5)11-4-8(2-3-8)6(9)10/h6H,2-4H2,1H3,(H,11,13). The van der Waals surface area contributed by atoms with Crippen molar-refractivity contribution in [2.45, 2.75) is 26.2 Å². The second-order valence-corrected chi connectivity index (χ2v) is 3.64. The number of halogens is 2. The van der Waals surface area contributed by atoms with E-state index in [1.54, 1.807) is 6.92 Å². The number of anilines is 1. The van der Waals surface area contributed by atoms with Crippen molar-refractivity contribution in [2.75, 3.05) is 11.9 Å². The topological polar surface area (TPSA) is 51.0 Å². The lowest BCUT2D eigenvalue weighted by Gasteiger charge is -2.12. The molecular formula is C8H11F2N3O. The molecule has 1 saturated carbocycles. The molecule has 0 bridgehead atoms. The molecule has 0 saturated heterocycles. The van der Waals surface area contributed by atoms with Gasteiger partial charge in [0.2, 0.25) is 12.3 Å². The number of aromatic nitrogens is 2. The Hall–Kier alpha value is -1.20. The minimum atomic E-state index is -2.28. The summed E-state index contributed by atoms with van der Waals surface area (Å²) in [6.07, 6.45) is -1.16. The summed E-state index contributed by atoms with van der Waals surface area (Å²) in [6, 6.07) is 0.217. The van der Waals surface area contributed by atoms with E-state index in [1.807, 2.05) is 0 Å². The molecule has 0 spiro atoms. The van der Waals surface area contributed by atoms with Crippen LogP contribution in [0.4, 0.5) is 14.8 Å². The highest BCUT2D eigenvalue weighted by Gasteiger charge is 2.50. The Kier molecular flexibility index (Phi) is 2.13. The highest BCUT2D eigenvalue weighted by molar-refractivity contribution is 5.19. The second-order valence-electron chi connectivity index (χ2n) is 3.64. The Morgan fingerprint density at radius 1 is 1.50 bits per heavy atom. The van der Waals surface area contributed by atoms with Gasteiger partial charge in [-0.05, 0) is 12.8 Å². The van der Waals surface area contributed by atoms with E-state index in [-0.39, 0.29) is 12.6 Å². The van der Waals surface area contributed by atoms with Gasteiger partial charge >= 0.3 is 6.01 Å². The second kappa shape index (κ2) is 3.18. The molecule has 78 valence electrons. The summed E-state index contributed by atoms with van der Waals surface area (Å²) in [4.78, 5) is 0. The van der Waals surface area contributed by atoms with Gasteiger partial charge in [0, 0.05) is 18.9 Å². The molecular weight excluding hydrogens is 192 g/mol. The van der Waals surface area contributed by atoms with Crippen LogP contribution in [0.2, 0.25) is 0 Å². The van der Waals surface area contributed by atoms with Crippen molar-refractivity contribution in [2.24, 2.45) is 5.41 Å². The van der Waals surface area contributed by atoms with Crippen molar-refractivity contribution in [3.63, 3.8) is 0 Å². The van der Waals surface area contributed by atoms with Gasteiger partial charge < -0.3 is 9.73 Å². The van der Waals surface area contributed by atoms with E-state index < -0.39 is 11.8 Å². The van der Waals surface area contributed by atoms with Crippen LogP contribution in [0.5, 0.6) is 0 Å². The van der Waals surface area contributed by atoms with Gasteiger partial charge in [-0.3, -0.25) is 0 Å². The summed E-state index contributed by atoms with van der Waals surface area (Å²) in [5.41, 5.74) is -0.859. The van der Waals surface area contributed by atoms with Crippen LogP contribution in [0.1, 0.15) is 18.7 Å². The molecule has 0 aliphatic heterocycles. The lowest BCUT2D eigenvalue weighted by molar-refractivity contribution is 0.0685. The van der Waals surface area contributed by atoms with Gasteiger partial charge in [-0.2, -0.15) is 0 Å². The number of hydrogen-bond acceptors (Lipinski definition) is 4. The molecule has 6 heteroatoms. The molecule has 1 heterocycles. The first-order chi connectivity index (χ1) is 6.62. The molecule has 0 atom stereocenters. The van der Waals surface area contributed by atoms with E-state index in [0.29, 0.717) is 18.7 Å². The summed E-state index contributed by atoms with van der Waals surface area (Å²) in [5.74, 6) is 0.425. The molecule has 14 heavy (non-hydrogen) atoms. The monoisotopic (exact) mass is 203 g/mol. The molecule has 0 aromatic carbocycles. The Morgan fingerprint density at radius 2 is 2.21 bits per heavy atom. The maximum absolute atomic E-state index is 12.5. The largest absolute Gasteiger partial charge is 0.408 e. The fourth-order valence-corrected chi connectivity index (χ4v) is 1.25.